The summed E-state index contributed by atoms with van der Waals surface area (Å²) in [6, 6.07) is 14.5. The number of benzene rings is 2. The van der Waals surface area contributed by atoms with Crippen LogP contribution in [-0.4, -0.2) is 69.2 Å². The van der Waals surface area contributed by atoms with Gasteiger partial charge in [-0.1, -0.05) is 61.9 Å². The molecule has 1 aliphatic heterocycles. The topological polar surface area (TPSA) is 173 Å². The smallest absolute Gasteiger partial charge is 0.339 e. The molecule has 1 N–H and O–H groups in total. The number of esters is 3. The van der Waals surface area contributed by atoms with E-state index in [9.17, 15) is 27.6 Å². The predicted octanol–water partition coefficient (Wildman–Crippen LogP) is 3.18. The van der Waals surface area contributed by atoms with Crippen LogP contribution in [0.4, 0.5) is 0 Å². The number of methoxy groups -OCH3 is 1. The summed E-state index contributed by atoms with van der Waals surface area (Å²) < 4.78 is 53.6. The van der Waals surface area contributed by atoms with E-state index < -0.39 is 82.1 Å². The normalized spacial score (nSPS) is 20.1. The molecule has 1 saturated heterocycles. The Morgan fingerprint density at radius 3 is 2.34 bits per heavy atom. The van der Waals surface area contributed by atoms with Gasteiger partial charge in [0.1, 0.15) is 23.5 Å². The van der Waals surface area contributed by atoms with Gasteiger partial charge in [-0.2, -0.15) is 8.42 Å². The number of hydrogen-bond acceptors (Lipinski definition) is 12. The van der Waals surface area contributed by atoms with Crippen molar-refractivity contribution < 1.29 is 50.7 Å². The lowest BCUT2D eigenvalue weighted by Crippen LogP contribution is -2.47. The number of hydrogen-bond donors (Lipinski definition) is 1. The second kappa shape index (κ2) is 15.1. The molecule has 0 bridgehead atoms. The Morgan fingerprint density at radius 2 is 1.70 bits per heavy atom. The molecule has 0 saturated carbocycles. The minimum Gasteiger partial charge on any atom is -0.493 e. The number of carbonyl (C=O) groups is 4. The molecule has 1 amide bonds. The van der Waals surface area contributed by atoms with Crippen LogP contribution < -0.4 is 14.2 Å². The van der Waals surface area contributed by atoms with Crippen LogP contribution in [0.3, 0.4) is 0 Å². The van der Waals surface area contributed by atoms with Crippen LogP contribution in [-0.2, 0) is 45.1 Å². The van der Waals surface area contributed by atoms with Crippen molar-refractivity contribution in [1.82, 2.24) is 10.3 Å². The molecule has 2 heterocycles. The first kappa shape index (κ1) is 34.9. The van der Waals surface area contributed by atoms with Crippen molar-refractivity contribution in [2.75, 3.05) is 13.7 Å². The van der Waals surface area contributed by atoms with Crippen LogP contribution >= 0.6 is 0 Å². The maximum atomic E-state index is 13.5. The number of nitrogens with zero attached hydrogens (tertiary/aromatic N) is 1. The van der Waals surface area contributed by atoms with Crippen LogP contribution in [0.15, 0.2) is 71.8 Å². The molecule has 0 radical (unpaired) electrons. The Balaban J connectivity index is 1.62. The maximum absolute atomic E-state index is 13.5. The first-order chi connectivity index (χ1) is 22.3. The Hall–Kier alpha value is -4.98. The molecule has 2 aromatic carbocycles. The van der Waals surface area contributed by atoms with Gasteiger partial charge in [0.05, 0.1) is 13.0 Å². The summed E-state index contributed by atoms with van der Waals surface area (Å²) in [4.78, 5) is 56.8. The second-order valence-electron chi connectivity index (χ2n) is 11.2. The number of amides is 1. The summed E-state index contributed by atoms with van der Waals surface area (Å²) in [7, 11) is -3.21. The summed E-state index contributed by atoms with van der Waals surface area (Å²) in [6.07, 6.45) is -1.04. The number of nitrogens with one attached hydrogen (secondary N) is 1. The largest absolute Gasteiger partial charge is 0.493 e. The van der Waals surface area contributed by atoms with Crippen LogP contribution in [0.25, 0.3) is 0 Å². The van der Waals surface area contributed by atoms with E-state index in [0.29, 0.717) is 0 Å². The molecule has 1 aromatic heterocycles. The first-order valence-electron chi connectivity index (χ1n) is 14.8. The van der Waals surface area contributed by atoms with Gasteiger partial charge in [-0.25, -0.2) is 9.78 Å². The van der Waals surface area contributed by atoms with Gasteiger partial charge in [-0.3, -0.25) is 14.4 Å². The molecular formula is C33H36N2O11S. The fourth-order valence-corrected chi connectivity index (χ4v) is 5.62. The quantitative estimate of drug-likeness (QED) is 0.190. The zero-order valence-electron chi connectivity index (χ0n) is 26.5. The van der Waals surface area contributed by atoms with E-state index >= 15 is 0 Å². The van der Waals surface area contributed by atoms with Crippen molar-refractivity contribution in [1.29, 1.82) is 0 Å². The molecule has 13 nitrogen and oxygen atoms in total. The monoisotopic (exact) mass is 668 g/mol. The van der Waals surface area contributed by atoms with Crippen molar-refractivity contribution in [3.05, 3.63) is 83.7 Å². The number of ether oxygens (including phenoxy) is 4. The van der Waals surface area contributed by atoms with Gasteiger partial charge < -0.3 is 28.4 Å². The van der Waals surface area contributed by atoms with Crippen molar-refractivity contribution in [2.45, 2.75) is 57.3 Å². The van der Waals surface area contributed by atoms with Gasteiger partial charge in [0.25, 0.3) is 5.91 Å². The zero-order chi connectivity index (χ0) is 34.3. The Morgan fingerprint density at radius 1 is 1.02 bits per heavy atom. The van der Waals surface area contributed by atoms with Crippen molar-refractivity contribution in [2.24, 2.45) is 11.8 Å². The number of carbonyl (C=O) groups excluding carboxylic acids is 4. The highest BCUT2D eigenvalue weighted by Crippen LogP contribution is 2.33. The zero-order valence-corrected chi connectivity index (χ0v) is 27.3. The van der Waals surface area contributed by atoms with Gasteiger partial charge in [0.2, 0.25) is 5.75 Å². The molecule has 250 valence electrons. The van der Waals surface area contributed by atoms with Crippen molar-refractivity contribution in [3.8, 4) is 11.5 Å². The molecular weight excluding hydrogens is 632 g/mol. The number of pyridine rings is 1. The molecule has 3 aromatic rings. The van der Waals surface area contributed by atoms with Gasteiger partial charge in [0, 0.05) is 12.3 Å². The highest BCUT2D eigenvalue weighted by Gasteiger charge is 2.42. The Labute approximate surface area is 272 Å². The van der Waals surface area contributed by atoms with E-state index in [1.165, 1.54) is 38.4 Å². The summed E-state index contributed by atoms with van der Waals surface area (Å²) in [6.45, 7) is 5.86. The number of rotatable bonds is 10. The van der Waals surface area contributed by atoms with Gasteiger partial charge in [-0.05, 0) is 38.0 Å². The third-order valence-corrected chi connectivity index (χ3v) is 8.51. The lowest BCUT2D eigenvalue weighted by atomic mass is 9.91. The SMILES string of the molecule is COc1ccnc(C(=O)N[C@H]2COC(=O)[C@H](Cc3ccccc3)[C@@H](OC(=O)C(C)C)[C@H](C)OC2=O)c1OS(=O)(=O)c1ccc(C)cc1. The van der Waals surface area contributed by atoms with E-state index in [1.54, 1.807) is 57.2 Å². The van der Waals surface area contributed by atoms with Crippen LogP contribution in [0.5, 0.6) is 11.5 Å². The average Bonchev–Trinajstić information content (AvgIpc) is 3.07. The molecule has 0 unspecified atom stereocenters. The standard InChI is InChI=1S/C33H36N2O11S/c1-19(2)31(37)45-28-21(4)44-33(39)25(18-43-32(38)24(28)17-22-9-7-6-8-10-22)35-30(36)27-29(26(42-5)15-16-34-27)46-47(40,41)23-13-11-20(3)12-14-23/h6-16,19,21,24-25,28H,17-18H2,1-5H3,(H,35,36)/t21-,24+,25-,28-/m0/s1. The third kappa shape index (κ3) is 8.64. The van der Waals surface area contributed by atoms with Gasteiger partial charge >= 0.3 is 28.0 Å². The number of aromatic nitrogens is 1. The minimum absolute atomic E-state index is 0.110. The molecule has 4 atom stereocenters. The summed E-state index contributed by atoms with van der Waals surface area (Å²) >= 11 is 0. The van der Waals surface area contributed by atoms with Crippen molar-refractivity contribution >= 4 is 33.9 Å². The number of aryl methyl sites for hydroxylation is 1. The molecule has 47 heavy (non-hydrogen) atoms. The van der Waals surface area contributed by atoms with E-state index in [0.717, 1.165) is 11.1 Å². The fraction of sp³-hybridized carbons (Fsp3) is 0.364. The molecule has 14 heteroatoms. The highest BCUT2D eigenvalue weighted by molar-refractivity contribution is 7.87. The minimum atomic E-state index is -4.45. The van der Waals surface area contributed by atoms with E-state index in [4.69, 9.17) is 23.1 Å². The molecule has 1 fully saturated rings. The number of cyclic esters (lactones) is 2. The summed E-state index contributed by atoms with van der Waals surface area (Å²) in [5, 5.41) is 2.39. The van der Waals surface area contributed by atoms with Crippen LogP contribution in [0, 0.1) is 18.8 Å². The third-order valence-electron chi connectivity index (χ3n) is 7.27. The summed E-state index contributed by atoms with van der Waals surface area (Å²) in [5.74, 6) is -5.68. The predicted molar refractivity (Wildman–Crippen MR) is 166 cm³/mol. The van der Waals surface area contributed by atoms with Gasteiger partial charge in [0.15, 0.2) is 23.6 Å². The molecule has 0 spiro atoms. The lowest BCUT2D eigenvalue weighted by molar-refractivity contribution is -0.176. The summed E-state index contributed by atoms with van der Waals surface area (Å²) in [5.41, 5.74) is 1.04. The van der Waals surface area contributed by atoms with E-state index in [2.05, 4.69) is 10.3 Å². The average molecular weight is 669 g/mol. The fourth-order valence-electron chi connectivity index (χ4n) is 4.67. The van der Waals surface area contributed by atoms with Gasteiger partial charge in [-0.15, -0.1) is 0 Å². The molecule has 4 rings (SSSR count). The Bertz CT molecular complexity index is 1710. The molecule has 1 aliphatic rings. The van der Waals surface area contributed by atoms with E-state index in [1.807, 2.05) is 6.07 Å². The Kier molecular flexibility index (Phi) is 11.2. The van der Waals surface area contributed by atoms with Crippen molar-refractivity contribution in [3.63, 3.8) is 0 Å². The van der Waals surface area contributed by atoms with E-state index in [-0.39, 0.29) is 17.1 Å². The molecule has 0 aliphatic carbocycles. The highest BCUT2D eigenvalue weighted by atomic mass is 32.2. The first-order valence-corrected chi connectivity index (χ1v) is 16.2. The maximum Gasteiger partial charge on any atom is 0.339 e. The second-order valence-corrected chi connectivity index (χ2v) is 12.7. The van der Waals surface area contributed by atoms with Crippen LogP contribution in [0.2, 0.25) is 0 Å². The lowest BCUT2D eigenvalue weighted by Gasteiger charge is -2.29. The van der Waals surface area contributed by atoms with Crippen LogP contribution in [0.1, 0.15) is 42.4 Å².